The van der Waals surface area contributed by atoms with Crippen LogP contribution in [0.15, 0.2) is 30.4 Å². The third-order valence-corrected chi connectivity index (χ3v) is 2.74. The van der Waals surface area contributed by atoms with Gasteiger partial charge in [0.05, 0.1) is 5.02 Å². The molecule has 0 aliphatic carbocycles. The Bertz CT molecular complexity index is 388. The first-order chi connectivity index (χ1) is 8.63. The topological polar surface area (TPSA) is 21.3 Å². The number of hydrogen-bond acceptors (Lipinski definition) is 2. The van der Waals surface area contributed by atoms with Gasteiger partial charge in [-0.3, -0.25) is 0 Å². The Morgan fingerprint density at radius 1 is 1.39 bits per heavy atom. The minimum absolute atomic E-state index is 0.557. The fraction of sp³-hybridized carbons (Fsp3) is 0.467. The zero-order chi connectivity index (χ0) is 13.4. The fourth-order valence-corrected chi connectivity index (χ4v) is 1.77. The number of allylic oxidation sites excluding steroid dienone is 1. The van der Waals surface area contributed by atoms with E-state index in [1.54, 1.807) is 0 Å². The van der Waals surface area contributed by atoms with E-state index in [0.717, 1.165) is 18.8 Å². The standard InChI is InChI=1S/C15H22ClNO/c1-4-5-8-18-15-7-6-13(9-14(15)16)11-17-10-12(2)3/h4-7,9,12,17H,8,10-11H2,1-3H3. The molecule has 0 aliphatic rings. The van der Waals surface area contributed by atoms with Gasteiger partial charge < -0.3 is 10.1 Å². The average Bonchev–Trinajstić information content (AvgIpc) is 2.31. The molecule has 0 aliphatic heterocycles. The molecular formula is C15H22ClNO. The molecule has 1 aromatic carbocycles. The normalized spacial score (nSPS) is 11.4. The van der Waals surface area contributed by atoms with Crippen LogP contribution in [-0.2, 0) is 6.54 Å². The van der Waals surface area contributed by atoms with Gasteiger partial charge in [-0.15, -0.1) is 0 Å². The molecule has 0 fully saturated rings. The number of rotatable bonds is 7. The summed E-state index contributed by atoms with van der Waals surface area (Å²) in [5, 5.41) is 4.06. The molecule has 0 spiro atoms. The predicted octanol–water partition coefficient (Wildman–Crippen LogP) is 4.04. The van der Waals surface area contributed by atoms with Crippen molar-refractivity contribution in [3.63, 3.8) is 0 Å². The van der Waals surface area contributed by atoms with Gasteiger partial charge in [0.2, 0.25) is 0 Å². The Hall–Kier alpha value is -0.990. The highest BCUT2D eigenvalue weighted by Crippen LogP contribution is 2.25. The smallest absolute Gasteiger partial charge is 0.138 e. The number of benzene rings is 1. The third kappa shape index (κ3) is 5.56. The number of ether oxygens (including phenoxy) is 1. The first-order valence-corrected chi connectivity index (χ1v) is 6.74. The zero-order valence-electron chi connectivity index (χ0n) is 11.4. The lowest BCUT2D eigenvalue weighted by molar-refractivity contribution is 0.363. The van der Waals surface area contributed by atoms with Crippen molar-refractivity contribution in [3.05, 3.63) is 40.9 Å². The second-order valence-corrected chi connectivity index (χ2v) is 5.08. The summed E-state index contributed by atoms with van der Waals surface area (Å²) in [6.45, 7) is 8.76. The van der Waals surface area contributed by atoms with E-state index in [1.807, 2.05) is 37.3 Å². The van der Waals surface area contributed by atoms with E-state index < -0.39 is 0 Å². The van der Waals surface area contributed by atoms with Crippen molar-refractivity contribution >= 4 is 11.6 Å². The van der Waals surface area contributed by atoms with E-state index in [9.17, 15) is 0 Å². The second kappa shape index (κ2) is 8.17. The lowest BCUT2D eigenvalue weighted by atomic mass is 10.2. The maximum atomic E-state index is 6.17. The molecule has 100 valence electrons. The van der Waals surface area contributed by atoms with Crippen molar-refractivity contribution in [1.29, 1.82) is 0 Å². The van der Waals surface area contributed by atoms with Crippen LogP contribution in [0.3, 0.4) is 0 Å². The number of halogens is 1. The maximum Gasteiger partial charge on any atom is 0.138 e. The highest BCUT2D eigenvalue weighted by molar-refractivity contribution is 6.32. The van der Waals surface area contributed by atoms with Gasteiger partial charge >= 0.3 is 0 Å². The molecule has 0 bridgehead atoms. The van der Waals surface area contributed by atoms with Gasteiger partial charge in [0, 0.05) is 6.54 Å². The highest BCUT2D eigenvalue weighted by atomic mass is 35.5. The predicted molar refractivity (Wildman–Crippen MR) is 78.3 cm³/mol. The first kappa shape index (κ1) is 15.1. The Labute approximate surface area is 115 Å². The summed E-state index contributed by atoms with van der Waals surface area (Å²) in [6.07, 6.45) is 3.91. The SMILES string of the molecule is CC=CCOc1ccc(CNCC(C)C)cc1Cl. The van der Waals surface area contributed by atoms with Crippen LogP contribution in [0, 0.1) is 5.92 Å². The van der Waals surface area contributed by atoms with Crippen molar-refractivity contribution in [1.82, 2.24) is 5.32 Å². The minimum atomic E-state index is 0.557. The summed E-state index contributed by atoms with van der Waals surface area (Å²) in [7, 11) is 0. The molecule has 18 heavy (non-hydrogen) atoms. The zero-order valence-corrected chi connectivity index (χ0v) is 12.1. The summed E-state index contributed by atoms with van der Waals surface area (Å²) in [5.41, 5.74) is 1.18. The van der Waals surface area contributed by atoms with Crippen LogP contribution < -0.4 is 10.1 Å². The molecule has 0 amide bonds. The van der Waals surface area contributed by atoms with Crippen LogP contribution in [0.1, 0.15) is 26.3 Å². The van der Waals surface area contributed by atoms with E-state index in [0.29, 0.717) is 17.5 Å². The molecule has 2 nitrogen and oxygen atoms in total. The van der Waals surface area contributed by atoms with Crippen LogP contribution in [0.4, 0.5) is 0 Å². The molecule has 0 heterocycles. The van der Waals surface area contributed by atoms with E-state index in [-0.39, 0.29) is 0 Å². The summed E-state index contributed by atoms with van der Waals surface area (Å²) in [5.74, 6) is 1.39. The van der Waals surface area contributed by atoms with Crippen molar-refractivity contribution in [3.8, 4) is 5.75 Å². The third-order valence-electron chi connectivity index (χ3n) is 2.45. The molecule has 1 N–H and O–H groups in total. The molecular weight excluding hydrogens is 246 g/mol. The van der Waals surface area contributed by atoms with Gasteiger partial charge in [-0.25, -0.2) is 0 Å². The summed E-state index contributed by atoms with van der Waals surface area (Å²) < 4.78 is 5.54. The van der Waals surface area contributed by atoms with Crippen molar-refractivity contribution in [2.24, 2.45) is 5.92 Å². The van der Waals surface area contributed by atoms with Crippen molar-refractivity contribution < 1.29 is 4.74 Å². The highest BCUT2D eigenvalue weighted by Gasteiger charge is 2.02. The van der Waals surface area contributed by atoms with Gasteiger partial charge in [0.15, 0.2) is 0 Å². The number of nitrogens with one attached hydrogen (secondary N) is 1. The molecule has 0 aromatic heterocycles. The Morgan fingerprint density at radius 2 is 2.17 bits per heavy atom. The van der Waals surface area contributed by atoms with E-state index >= 15 is 0 Å². The molecule has 0 atom stereocenters. The van der Waals surface area contributed by atoms with Gasteiger partial charge in [0.25, 0.3) is 0 Å². The van der Waals surface area contributed by atoms with Crippen LogP contribution in [-0.4, -0.2) is 13.2 Å². The molecule has 0 radical (unpaired) electrons. The monoisotopic (exact) mass is 267 g/mol. The summed E-state index contributed by atoms with van der Waals surface area (Å²) >= 11 is 6.17. The second-order valence-electron chi connectivity index (χ2n) is 4.67. The fourth-order valence-electron chi connectivity index (χ4n) is 1.51. The van der Waals surface area contributed by atoms with E-state index in [1.165, 1.54) is 5.56 Å². The van der Waals surface area contributed by atoms with Crippen molar-refractivity contribution in [2.45, 2.75) is 27.3 Å². The Kier molecular flexibility index (Phi) is 6.84. The molecule has 3 heteroatoms. The van der Waals surface area contributed by atoms with Crippen molar-refractivity contribution in [2.75, 3.05) is 13.2 Å². The molecule has 0 unspecified atom stereocenters. The Balaban J connectivity index is 2.50. The lowest BCUT2D eigenvalue weighted by Crippen LogP contribution is -2.18. The van der Waals surface area contributed by atoms with Crippen LogP contribution in [0.5, 0.6) is 5.75 Å². The van der Waals surface area contributed by atoms with Crippen LogP contribution >= 0.6 is 11.6 Å². The lowest BCUT2D eigenvalue weighted by Gasteiger charge is -2.10. The molecule has 1 rings (SSSR count). The molecule has 0 saturated carbocycles. The van der Waals surface area contributed by atoms with E-state index in [4.69, 9.17) is 16.3 Å². The van der Waals surface area contributed by atoms with Gasteiger partial charge in [-0.05, 0) is 37.1 Å². The molecule has 1 aromatic rings. The summed E-state index contributed by atoms with van der Waals surface area (Å²) in [6, 6.07) is 5.93. The van der Waals surface area contributed by atoms with Gasteiger partial charge in [0.1, 0.15) is 12.4 Å². The minimum Gasteiger partial charge on any atom is -0.488 e. The van der Waals surface area contributed by atoms with Crippen LogP contribution in [0.2, 0.25) is 5.02 Å². The van der Waals surface area contributed by atoms with Gasteiger partial charge in [-0.1, -0.05) is 43.7 Å². The molecule has 0 saturated heterocycles. The number of hydrogen-bond donors (Lipinski definition) is 1. The quantitative estimate of drug-likeness (QED) is 0.753. The van der Waals surface area contributed by atoms with Gasteiger partial charge in [-0.2, -0.15) is 0 Å². The average molecular weight is 268 g/mol. The van der Waals surface area contributed by atoms with E-state index in [2.05, 4.69) is 19.2 Å². The summed E-state index contributed by atoms with van der Waals surface area (Å²) in [4.78, 5) is 0. The Morgan fingerprint density at radius 3 is 2.78 bits per heavy atom. The maximum absolute atomic E-state index is 6.17. The van der Waals surface area contributed by atoms with Crippen LogP contribution in [0.25, 0.3) is 0 Å². The first-order valence-electron chi connectivity index (χ1n) is 6.36. The largest absolute Gasteiger partial charge is 0.488 e.